The van der Waals surface area contributed by atoms with Crippen molar-refractivity contribution in [1.82, 2.24) is 20.2 Å². The maximum atomic E-state index is 13.5. The van der Waals surface area contributed by atoms with Gasteiger partial charge in [0.05, 0.1) is 36.1 Å². The number of hydrogen-bond donors (Lipinski definition) is 5. The zero-order valence-corrected chi connectivity index (χ0v) is 31.9. The Morgan fingerprint density at radius 3 is 2.55 bits per heavy atom. The number of methoxy groups -OCH3 is 1. The van der Waals surface area contributed by atoms with Crippen LogP contribution in [-0.4, -0.2) is 80.4 Å². The molecule has 2 aliphatic rings. The SMILES string of the molecule is COc1nc(O[C@H]2CCc3c(-c4cccc(C(=O)Nc5ccc(CN6CCC[C@H](C(=O)O)[C@@H]6C)cn5)c4Cl)cccc32)c(Cl)cc1CNC[C@@H](O)CC(=O)O. The maximum Gasteiger partial charge on any atom is 0.308 e. The average Bonchev–Trinajstić information content (AvgIpc) is 3.56. The third kappa shape index (κ3) is 9.37. The van der Waals surface area contributed by atoms with Crippen molar-refractivity contribution in [3.63, 3.8) is 0 Å². The first-order valence-electron chi connectivity index (χ1n) is 18.1. The molecule has 1 aliphatic carbocycles. The summed E-state index contributed by atoms with van der Waals surface area (Å²) in [4.78, 5) is 47.1. The number of nitrogens with one attached hydrogen (secondary N) is 2. The lowest BCUT2D eigenvalue weighted by Crippen LogP contribution is -2.45. The number of amides is 1. The number of piperidine rings is 1. The number of fused-ring (bicyclic) bond motifs is 1. The molecule has 1 aliphatic heterocycles. The number of rotatable bonds is 15. The van der Waals surface area contributed by atoms with Crippen molar-refractivity contribution in [3.8, 4) is 22.9 Å². The molecule has 15 heteroatoms. The van der Waals surface area contributed by atoms with E-state index in [9.17, 15) is 24.6 Å². The van der Waals surface area contributed by atoms with Crippen molar-refractivity contribution in [1.29, 1.82) is 0 Å². The molecule has 0 saturated carbocycles. The van der Waals surface area contributed by atoms with Crippen molar-refractivity contribution < 1.29 is 39.2 Å². The Labute approximate surface area is 328 Å². The third-order valence-corrected chi connectivity index (χ3v) is 10.9. The van der Waals surface area contributed by atoms with E-state index in [0.29, 0.717) is 53.3 Å². The average molecular weight is 793 g/mol. The fourth-order valence-electron chi connectivity index (χ4n) is 7.34. The minimum absolute atomic E-state index is 0.0633. The molecule has 1 amide bonds. The van der Waals surface area contributed by atoms with E-state index in [-0.39, 0.29) is 48.4 Å². The summed E-state index contributed by atoms with van der Waals surface area (Å²) in [7, 11) is 1.47. The minimum atomic E-state index is -1.09. The van der Waals surface area contributed by atoms with Crippen LogP contribution >= 0.6 is 23.2 Å². The van der Waals surface area contributed by atoms with Gasteiger partial charge in [-0.3, -0.25) is 19.3 Å². The van der Waals surface area contributed by atoms with Crippen LogP contribution in [0.2, 0.25) is 10.0 Å². The summed E-state index contributed by atoms with van der Waals surface area (Å²) in [5.41, 5.74) is 5.39. The molecule has 0 bridgehead atoms. The van der Waals surface area contributed by atoms with Gasteiger partial charge in [0, 0.05) is 43.0 Å². The lowest BCUT2D eigenvalue weighted by atomic mass is 9.90. The standard InChI is InChI=1S/C40H43Cl2N5O8/c1-22-26(40(52)53)10-5-15-47(22)21-23-11-14-34(44-18-23)45-37(51)31-9-4-8-30(36(31)42)27-6-3-7-29-28(27)12-13-33(29)55-39-32(41)16-24(38(46-39)54-2)19-43-20-25(48)17-35(49)50/h3-4,6-9,11,14,16,18,22,25-26,33,43,48H,5,10,12-13,15,17,19-21H2,1-2H3,(H,49,50)(H,52,53)(H,44,45,51)/t22-,25-,26-,33-/m0/s1. The molecule has 4 aromatic rings. The Kier molecular flexibility index (Phi) is 12.9. The Hall–Kier alpha value is -4.79. The monoisotopic (exact) mass is 791 g/mol. The molecule has 290 valence electrons. The van der Waals surface area contributed by atoms with Gasteiger partial charge >= 0.3 is 11.9 Å². The number of nitrogens with zero attached hydrogens (tertiary/aromatic N) is 3. The molecule has 0 spiro atoms. The second-order valence-electron chi connectivity index (χ2n) is 13.8. The highest BCUT2D eigenvalue weighted by atomic mass is 35.5. The topological polar surface area (TPSA) is 183 Å². The molecule has 3 heterocycles. The van der Waals surface area contributed by atoms with Crippen LogP contribution in [0, 0.1) is 5.92 Å². The first kappa shape index (κ1) is 39.9. The van der Waals surface area contributed by atoms with Gasteiger partial charge in [0.25, 0.3) is 5.91 Å². The second-order valence-corrected chi connectivity index (χ2v) is 14.6. The number of carbonyl (C=O) groups excluding carboxylic acids is 1. The molecule has 2 aromatic carbocycles. The number of halogens is 2. The smallest absolute Gasteiger partial charge is 0.308 e. The zero-order valence-electron chi connectivity index (χ0n) is 30.4. The van der Waals surface area contributed by atoms with Gasteiger partial charge in [-0.05, 0) is 79.6 Å². The molecular formula is C40H43Cl2N5O8. The molecule has 1 fully saturated rings. The Morgan fingerprint density at radius 2 is 1.82 bits per heavy atom. The molecule has 5 N–H and O–H groups in total. The van der Waals surface area contributed by atoms with E-state index in [4.69, 9.17) is 37.8 Å². The van der Waals surface area contributed by atoms with Crippen LogP contribution in [0.15, 0.2) is 60.8 Å². The van der Waals surface area contributed by atoms with Gasteiger partial charge in [0.15, 0.2) is 0 Å². The molecule has 0 unspecified atom stereocenters. The normalized spacial score (nSPS) is 18.7. The van der Waals surface area contributed by atoms with Crippen LogP contribution in [0.3, 0.4) is 0 Å². The number of pyridine rings is 2. The molecule has 2 aromatic heterocycles. The van der Waals surface area contributed by atoms with Crippen molar-refractivity contribution in [2.24, 2.45) is 5.92 Å². The summed E-state index contributed by atoms with van der Waals surface area (Å²) in [6, 6.07) is 16.4. The zero-order chi connectivity index (χ0) is 39.2. The Bertz CT molecular complexity index is 2050. The highest BCUT2D eigenvalue weighted by Gasteiger charge is 2.33. The van der Waals surface area contributed by atoms with Gasteiger partial charge in [-0.15, -0.1) is 0 Å². The van der Waals surface area contributed by atoms with Crippen LogP contribution in [-0.2, 0) is 29.1 Å². The number of aliphatic hydroxyl groups is 1. The summed E-state index contributed by atoms with van der Waals surface area (Å²) in [6.45, 7) is 3.63. The number of carbonyl (C=O) groups is 3. The number of aliphatic hydroxyl groups excluding tert-OH is 1. The van der Waals surface area contributed by atoms with E-state index < -0.39 is 29.9 Å². The number of aromatic nitrogens is 2. The van der Waals surface area contributed by atoms with Crippen LogP contribution in [0.4, 0.5) is 5.82 Å². The third-order valence-electron chi connectivity index (χ3n) is 10.2. The summed E-state index contributed by atoms with van der Waals surface area (Å²) in [5.74, 6) is -1.81. The molecular weight excluding hydrogens is 749 g/mol. The Morgan fingerprint density at radius 1 is 1.04 bits per heavy atom. The van der Waals surface area contributed by atoms with Gasteiger partial charge in [0.1, 0.15) is 16.9 Å². The van der Waals surface area contributed by atoms with E-state index in [1.165, 1.54) is 7.11 Å². The lowest BCUT2D eigenvalue weighted by molar-refractivity contribution is -0.146. The molecule has 4 atom stereocenters. The first-order valence-corrected chi connectivity index (χ1v) is 18.8. The number of aliphatic carboxylic acids is 2. The first-order chi connectivity index (χ1) is 26.4. The largest absolute Gasteiger partial charge is 0.481 e. The van der Waals surface area contributed by atoms with Crippen molar-refractivity contribution >= 4 is 46.9 Å². The number of benzene rings is 2. The van der Waals surface area contributed by atoms with Gasteiger partial charge in [-0.25, -0.2) is 4.98 Å². The number of carboxylic acid groups (broad SMARTS) is 2. The van der Waals surface area contributed by atoms with Crippen LogP contribution in [0.1, 0.15) is 71.3 Å². The number of hydrogen-bond acceptors (Lipinski definition) is 10. The number of likely N-dealkylation sites (tertiary alicyclic amines) is 1. The van der Waals surface area contributed by atoms with Crippen LogP contribution < -0.4 is 20.1 Å². The Balaban J connectivity index is 1.13. The van der Waals surface area contributed by atoms with E-state index in [2.05, 4.69) is 25.5 Å². The van der Waals surface area contributed by atoms with E-state index >= 15 is 0 Å². The maximum absolute atomic E-state index is 13.5. The molecule has 6 rings (SSSR count). The van der Waals surface area contributed by atoms with Gasteiger partial charge < -0.3 is 35.4 Å². The van der Waals surface area contributed by atoms with E-state index in [0.717, 1.165) is 35.2 Å². The highest BCUT2D eigenvalue weighted by Crippen LogP contribution is 2.43. The molecule has 55 heavy (non-hydrogen) atoms. The predicted octanol–water partition coefficient (Wildman–Crippen LogP) is 6.39. The number of anilines is 1. The fourth-order valence-corrected chi connectivity index (χ4v) is 7.88. The quantitative estimate of drug-likeness (QED) is 0.0896. The summed E-state index contributed by atoms with van der Waals surface area (Å²) < 4.78 is 11.8. The summed E-state index contributed by atoms with van der Waals surface area (Å²) >= 11 is 13.6. The van der Waals surface area contributed by atoms with Gasteiger partial charge in [0.2, 0.25) is 11.8 Å². The molecule has 13 nitrogen and oxygen atoms in total. The van der Waals surface area contributed by atoms with Gasteiger partial charge in [-0.2, -0.15) is 4.98 Å². The van der Waals surface area contributed by atoms with Crippen molar-refractivity contribution in [2.75, 3.05) is 25.5 Å². The van der Waals surface area contributed by atoms with E-state index in [1.54, 1.807) is 30.5 Å². The number of ether oxygens (including phenoxy) is 2. The van der Waals surface area contributed by atoms with Crippen molar-refractivity contribution in [2.45, 2.75) is 70.4 Å². The summed E-state index contributed by atoms with van der Waals surface area (Å²) in [6.07, 6.45) is 2.74. The van der Waals surface area contributed by atoms with Crippen LogP contribution in [0.5, 0.6) is 11.8 Å². The highest BCUT2D eigenvalue weighted by molar-refractivity contribution is 6.37. The lowest BCUT2D eigenvalue weighted by Gasteiger charge is -2.37. The van der Waals surface area contributed by atoms with E-state index in [1.807, 2.05) is 37.3 Å². The molecule has 0 radical (unpaired) electrons. The summed E-state index contributed by atoms with van der Waals surface area (Å²) in [5, 5.41) is 34.7. The minimum Gasteiger partial charge on any atom is -0.481 e. The van der Waals surface area contributed by atoms with Gasteiger partial charge in [-0.1, -0.05) is 59.6 Å². The van der Waals surface area contributed by atoms with Crippen molar-refractivity contribution in [3.05, 3.63) is 98.7 Å². The molecule has 1 saturated heterocycles. The van der Waals surface area contributed by atoms with Crippen LogP contribution in [0.25, 0.3) is 11.1 Å². The second kappa shape index (κ2) is 17.8. The predicted molar refractivity (Wildman–Crippen MR) is 207 cm³/mol. The number of carboxylic acids is 2. The fraction of sp³-hybridized carbons (Fsp3) is 0.375.